The average molecular weight is 257 g/mol. The maximum Gasteiger partial charge on any atom is 0.249 e. The summed E-state index contributed by atoms with van der Waals surface area (Å²) in [5.41, 5.74) is 0. The molecular formula is C6H12INO2. The van der Waals surface area contributed by atoms with Crippen molar-refractivity contribution in [3.8, 4) is 0 Å². The highest BCUT2D eigenvalue weighted by Gasteiger charge is 2.10. The van der Waals surface area contributed by atoms with E-state index in [9.17, 15) is 4.79 Å². The number of aliphatic hydroxyl groups is 1. The second-order valence-corrected chi connectivity index (χ2v) is 2.84. The molecule has 0 spiro atoms. The predicted octanol–water partition coefficient (Wildman–Crippen LogP) is 0.308. The number of carbonyl (C=O) groups is 1. The van der Waals surface area contributed by atoms with Gasteiger partial charge in [-0.1, -0.05) is 29.5 Å². The first-order valence-electron chi connectivity index (χ1n) is 3.24. The SMILES string of the molecule is CCCNC(=O)C(O)CI. The van der Waals surface area contributed by atoms with Gasteiger partial charge in [0.05, 0.1) is 0 Å². The van der Waals surface area contributed by atoms with E-state index in [-0.39, 0.29) is 5.91 Å². The normalized spacial score (nSPS) is 12.7. The van der Waals surface area contributed by atoms with Crippen LogP contribution in [0.3, 0.4) is 0 Å². The highest BCUT2D eigenvalue weighted by Crippen LogP contribution is 1.90. The first-order chi connectivity index (χ1) is 4.72. The minimum Gasteiger partial charge on any atom is -0.382 e. The highest BCUT2D eigenvalue weighted by molar-refractivity contribution is 14.1. The minimum absolute atomic E-state index is 0.267. The molecule has 0 heterocycles. The summed E-state index contributed by atoms with van der Waals surface area (Å²) in [6.45, 7) is 2.61. The van der Waals surface area contributed by atoms with Crippen LogP contribution in [0.4, 0.5) is 0 Å². The number of amides is 1. The number of alkyl halides is 1. The zero-order valence-corrected chi connectivity index (χ0v) is 8.09. The lowest BCUT2D eigenvalue weighted by atomic mass is 10.3. The predicted molar refractivity (Wildman–Crippen MR) is 48.2 cm³/mol. The van der Waals surface area contributed by atoms with Crippen LogP contribution in [0.15, 0.2) is 0 Å². The van der Waals surface area contributed by atoms with Crippen molar-refractivity contribution in [3.63, 3.8) is 0 Å². The molecule has 1 atom stereocenters. The number of aliphatic hydroxyl groups excluding tert-OH is 1. The molecule has 1 amide bonds. The lowest BCUT2D eigenvalue weighted by Crippen LogP contribution is -2.35. The monoisotopic (exact) mass is 257 g/mol. The molecule has 3 nitrogen and oxygen atoms in total. The van der Waals surface area contributed by atoms with Crippen LogP contribution < -0.4 is 5.32 Å². The van der Waals surface area contributed by atoms with E-state index >= 15 is 0 Å². The van der Waals surface area contributed by atoms with Gasteiger partial charge >= 0.3 is 0 Å². The second kappa shape index (κ2) is 5.91. The van der Waals surface area contributed by atoms with Crippen LogP contribution in [-0.2, 0) is 4.79 Å². The van der Waals surface area contributed by atoms with Gasteiger partial charge < -0.3 is 10.4 Å². The van der Waals surface area contributed by atoms with E-state index in [2.05, 4.69) is 5.32 Å². The molecule has 10 heavy (non-hydrogen) atoms. The molecule has 4 heteroatoms. The van der Waals surface area contributed by atoms with Crippen LogP contribution in [0.5, 0.6) is 0 Å². The molecule has 0 saturated heterocycles. The van der Waals surface area contributed by atoms with Crippen LogP contribution >= 0.6 is 22.6 Å². The third-order valence-electron chi connectivity index (χ3n) is 0.998. The Kier molecular flexibility index (Phi) is 6.00. The van der Waals surface area contributed by atoms with Crippen molar-refractivity contribution in [2.24, 2.45) is 0 Å². The summed E-state index contributed by atoms with van der Waals surface area (Å²) >= 11 is 1.97. The van der Waals surface area contributed by atoms with Crippen molar-refractivity contribution in [2.45, 2.75) is 19.4 Å². The van der Waals surface area contributed by atoms with Gasteiger partial charge in [0.25, 0.3) is 0 Å². The molecule has 2 N–H and O–H groups in total. The first-order valence-corrected chi connectivity index (χ1v) is 4.76. The standard InChI is InChI=1S/C6H12INO2/c1-2-3-8-6(10)5(9)4-7/h5,9H,2-4H2,1H3,(H,8,10). The number of halogens is 1. The van der Waals surface area contributed by atoms with Crippen LogP contribution in [0.1, 0.15) is 13.3 Å². The molecule has 0 aliphatic heterocycles. The number of hydrogen-bond acceptors (Lipinski definition) is 2. The number of carbonyl (C=O) groups excluding carboxylic acids is 1. The van der Waals surface area contributed by atoms with Gasteiger partial charge in [0.15, 0.2) is 0 Å². The van der Waals surface area contributed by atoms with Gasteiger partial charge in [-0.05, 0) is 6.42 Å². The van der Waals surface area contributed by atoms with Gasteiger partial charge in [0.1, 0.15) is 6.10 Å². The van der Waals surface area contributed by atoms with E-state index in [1.54, 1.807) is 0 Å². The fourth-order valence-corrected chi connectivity index (χ4v) is 0.836. The van der Waals surface area contributed by atoms with Gasteiger partial charge in [0, 0.05) is 11.0 Å². The summed E-state index contributed by atoms with van der Waals surface area (Å²) in [5, 5.41) is 11.5. The molecule has 0 fully saturated rings. The van der Waals surface area contributed by atoms with Crippen molar-refractivity contribution >= 4 is 28.5 Å². The Morgan fingerprint density at radius 2 is 2.40 bits per heavy atom. The maximum absolute atomic E-state index is 10.8. The third kappa shape index (κ3) is 4.05. The fraction of sp³-hybridized carbons (Fsp3) is 0.833. The molecule has 1 unspecified atom stereocenters. The maximum atomic E-state index is 10.8. The smallest absolute Gasteiger partial charge is 0.249 e. The Balaban J connectivity index is 3.42. The fourth-order valence-electron chi connectivity index (χ4n) is 0.436. The summed E-state index contributed by atoms with van der Waals surface area (Å²) in [6, 6.07) is 0. The van der Waals surface area contributed by atoms with Crippen molar-refractivity contribution in [2.75, 3.05) is 11.0 Å². The number of hydrogen-bond donors (Lipinski definition) is 2. The van der Waals surface area contributed by atoms with E-state index in [1.165, 1.54) is 0 Å². The highest BCUT2D eigenvalue weighted by atomic mass is 127. The van der Waals surface area contributed by atoms with Gasteiger partial charge in [-0.2, -0.15) is 0 Å². The van der Waals surface area contributed by atoms with Gasteiger partial charge in [-0.25, -0.2) is 0 Å². The quantitative estimate of drug-likeness (QED) is 0.562. The molecule has 0 radical (unpaired) electrons. The summed E-state index contributed by atoms with van der Waals surface area (Å²) in [7, 11) is 0. The van der Waals surface area contributed by atoms with Crippen LogP contribution in [0.2, 0.25) is 0 Å². The van der Waals surface area contributed by atoms with E-state index in [0.717, 1.165) is 6.42 Å². The Morgan fingerprint density at radius 3 is 2.80 bits per heavy atom. The Bertz CT molecular complexity index is 108. The molecule has 0 aliphatic carbocycles. The zero-order valence-electron chi connectivity index (χ0n) is 5.93. The van der Waals surface area contributed by atoms with Crippen LogP contribution in [0, 0.1) is 0 Å². The van der Waals surface area contributed by atoms with E-state index in [1.807, 2.05) is 29.5 Å². The lowest BCUT2D eigenvalue weighted by Gasteiger charge is -2.06. The molecule has 0 aromatic rings. The number of rotatable bonds is 4. The zero-order chi connectivity index (χ0) is 7.98. The van der Waals surface area contributed by atoms with E-state index in [4.69, 9.17) is 5.11 Å². The largest absolute Gasteiger partial charge is 0.382 e. The summed E-state index contributed by atoms with van der Waals surface area (Å²) in [4.78, 5) is 10.8. The summed E-state index contributed by atoms with van der Waals surface area (Å²) in [5.74, 6) is -0.267. The van der Waals surface area contributed by atoms with Gasteiger partial charge in [-0.15, -0.1) is 0 Å². The topological polar surface area (TPSA) is 49.3 Å². The molecule has 0 aliphatic rings. The van der Waals surface area contributed by atoms with Gasteiger partial charge in [0.2, 0.25) is 5.91 Å². The van der Waals surface area contributed by atoms with Crippen LogP contribution in [-0.4, -0.2) is 28.1 Å². The Morgan fingerprint density at radius 1 is 1.80 bits per heavy atom. The third-order valence-corrected chi connectivity index (χ3v) is 1.83. The van der Waals surface area contributed by atoms with Crippen molar-refractivity contribution in [1.29, 1.82) is 0 Å². The van der Waals surface area contributed by atoms with E-state index in [0.29, 0.717) is 11.0 Å². The molecule has 0 aromatic heterocycles. The van der Waals surface area contributed by atoms with Crippen LogP contribution in [0.25, 0.3) is 0 Å². The molecule has 0 bridgehead atoms. The van der Waals surface area contributed by atoms with Crippen molar-refractivity contribution in [1.82, 2.24) is 5.32 Å². The second-order valence-electron chi connectivity index (χ2n) is 1.96. The first kappa shape index (κ1) is 10.2. The minimum atomic E-state index is -0.841. The molecule has 60 valence electrons. The molecule has 0 rings (SSSR count). The Hall–Kier alpha value is 0.160. The molecular weight excluding hydrogens is 245 g/mol. The lowest BCUT2D eigenvalue weighted by molar-refractivity contribution is -0.128. The molecule has 0 saturated carbocycles. The number of nitrogens with one attached hydrogen (secondary N) is 1. The molecule has 0 aromatic carbocycles. The van der Waals surface area contributed by atoms with Gasteiger partial charge in [-0.3, -0.25) is 4.79 Å². The average Bonchev–Trinajstić information content (AvgIpc) is 1.98. The van der Waals surface area contributed by atoms with E-state index < -0.39 is 6.10 Å². The summed E-state index contributed by atoms with van der Waals surface area (Å²) < 4.78 is 0.452. The van der Waals surface area contributed by atoms with Crippen molar-refractivity contribution in [3.05, 3.63) is 0 Å². The van der Waals surface area contributed by atoms with Crippen molar-refractivity contribution < 1.29 is 9.90 Å². The summed E-state index contributed by atoms with van der Waals surface area (Å²) in [6.07, 6.45) is 0.0619. The Labute approximate surface area is 74.3 Å².